The number of benzene rings is 1. The lowest BCUT2D eigenvalue weighted by Gasteiger charge is -2.28. The summed E-state index contributed by atoms with van der Waals surface area (Å²) in [6, 6.07) is 5.48. The topological polar surface area (TPSA) is 137 Å². The van der Waals surface area contributed by atoms with Crippen molar-refractivity contribution in [2.24, 2.45) is 0 Å². The standard InChI is InChI=1S/C26H30N8O3/c1-15-30-19-8-6-16(10-21(19)31-15)7-9-20-22-23(27)28-14-29-24(22)34(32-20)17-11-18(13-36-5)33(12-17)25(35)37-26(2,3)4/h6,8,10,14,17-18H,11-13H2,1-5H3,(H,30,31)(H2,27,28,29)/t17-,18+/m0/s1. The quantitative estimate of drug-likeness (QED) is 0.408. The molecule has 1 fully saturated rings. The summed E-state index contributed by atoms with van der Waals surface area (Å²) < 4.78 is 12.8. The summed E-state index contributed by atoms with van der Waals surface area (Å²) in [6.07, 6.45) is 1.65. The maximum atomic E-state index is 12.9. The number of imidazole rings is 1. The van der Waals surface area contributed by atoms with Gasteiger partial charge in [-0.05, 0) is 58.2 Å². The number of carbonyl (C=O) groups is 1. The molecule has 0 radical (unpaired) electrons. The van der Waals surface area contributed by atoms with Crippen LogP contribution in [0.2, 0.25) is 0 Å². The number of carbonyl (C=O) groups excluding carboxylic acids is 1. The van der Waals surface area contributed by atoms with Crippen molar-refractivity contribution in [2.45, 2.75) is 51.8 Å². The fraction of sp³-hybridized carbons (Fsp3) is 0.423. The van der Waals surface area contributed by atoms with Gasteiger partial charge in [-0.25, -0.2) is 24.4 Å². The van der Waals surface area contributed by atoms with Gasteiger partial charge in [-0.2, -0.15) is 5.10 Å². The van der Waals surface area contributed by atoms with Crippen LogP contribution in [0.25, 0.3) is 22.1 Å². The van der Waals surface area contributed by atoms with Gasteiger partial charge in [-0.3, -0.25) is 0 Å². The summed E-state index contributed by atoms with van der Waals surface area (Å²) in [5.41, 5.74) is 9.29. The van der Waals surface area contributed by atoms with Gasteiger partial charge >= 0.3 is 6.09 Å². The molecule has 192 valence electrons. The number of aromatic amines is 1. The molecule has 2 atom stereocenters. The molecule has 0 saturated carbocycles. The molecular formula is C26H30N8O3. The Morgan fingerprint density at radius 3 is 2.84 bits per heavy atom. The number of hydrogen-bond acceptors (Lipinski definition) is 8. The molecule has 37 heavy (non-hydrogen) atoms. The molecule has 4 heterocycles. The number of anilines is 1. The molecule has 1 saturated heterocycles. The summed E-state index contributed by atoms with van der Waals surface area (Å²) in [5, 5.41) is 5.38. The summed E-state index contributed by atoms with van der Waals surface area (Å²) in [5.74, 6) is 7.47. The second-order valence-electron chi connectivity index (χ2n) is 10.2. The van der Waals surface area contributed by atoms with E-state index >= 15 is 0 Å². The first kappa shape index (κ1) is 24.5. The number of ether oxygens (including phenoxy) is 2. The largest absolute Gasteiger partial charge is 0.444 e. The Morgan fingerprint density at radius 1 is 1.27 bits per heavy atom. The van der Waals surface area contributed by atoms with Crippen molar-refractivity contribution in [3.8, 4) is 11.8 Å². The highest BCUT2D eigenvalue weighted by Crippen LogP contribution is 2.32. The molecule has 0 spiro atoms. The number of nitrogen functional groups attached to an aromatic ring is 1. The predicted octanol–water partition coefficient (Wildman–Crippen LogP) is 3.19. The smallest absolute Gasteiger partial charge is 0.410 e. The molecule has 5 rings (SSSR count). The van der Waals surface area contributed by atoms with Crippen molar-refractivity contribution in [3.05, 3.63) is 41.6 Å². The van der Waals surface area contributed by atoms with E-state index in [4.69, 9.17) is 20.3 Å². The van der Waals surface area contributed by atoms with Crippen molar-refractivity contribution < 1.29 is 14.3 Å². The van der Waals surface area contributed by atoms with E-state index in [1.54, 1.807) is 16.7 Å². The average molecular weight is 503 g/mol. The van der Waals surface area contributed by atoms with Gasteiger partial charge in [0.05, 0.1) is 35.1 Å². The van der Waals surface area contributed by atoms with E-state index in [2.05, 4.69) is 31.8 Å². The molecule has 0 bridgehead atoms. The number of nitrogens with one attached hydrogen (secondary N) is 1. The van der Waals surface area contributed by atoms with Crippen LogP contribution in [0.5, 0.6) is 0 Å². The summed E-state index contributed by atoms with van der Waals surface area (Å²) in [6.45, 7) is 8.23. The number of aromatic nitrogens is 6. The Morgan fingerprint density at radius 2 is 2.08 bits per heavy atom. The maximum absolute atomic E-state index is 12.9. The van der Waals surface area contributed by atoms with Crippen LogP contribution in [0.1, 0.15) is 50.3 Å². The first-order valence-corrected chi connectivity index (χ1v) is 12.1. The third kappa shape index (κ3) is 4.93. The minimum atomic E-state index is -0.604. The normalized spacial score (nSPS) is 17.8. The highest BCUT2D eigenvalue weighted by atomic mass is 16.6. The first-order valence-electron chi connectivity index (χ1n) is 12.1. The van der Waals surface area contributed by atoms with Crippen LogP contribution in [-0.2, 0) is 9.47 Å². The number of aryl methyl sites for hydroxylation is 1. The fourth-order valence-electron chi connectivity index (χ4n) is 4.64. The molecule has 1 amide bonds. The average Bonchev–Trinajstić information content (AvgIpc) is 3.51. The zero-order valence-corrected chi connectivity index (χ0v) is 21.6. The molecule has 1 aliphatic rings. The number of nitrogens with two attached hydrogens (primary N) is 1. The third-order valence-electron chi connectivity index (χ3n) is 6.17. The van der Waals surface area contributed by atoms with E-state index in [9.17, 15) is 4.79 Å². The number of rotatable bonds is 3. The Labute approximate surface area is 214 Å². The van der Waals surface area contributed by atoms with E-state index in [-0.39, 0.29) is 18.2 Å². The molecule has 11 heteroatoms. The van der Waals surface area contributed by atoms with Crippen LogP contribution in [-0.4, -0.2) is 72.6 Å². The maximum Gasteiger partial charge on any atom is 0.410 e. The monoisotopic (exact) mass is 502 g/mol. The van der Waals surface area contributed by atoms with Crippen LogP contribution in [0.3, 0.4) is 0 Å². The van der Waals surface area contributed by atoms with E-state index in [1.165, 1.54) is 6.33 Å². The van der Waals surface area contributed by atoms with E-state index in [1.807, 2.05) is 45.9 Å². The lowest BCUT2D eigenvalue weighted by Crippen LogP contribution is -2.41. The fourth-order valence-corrected chi connectivity index (χ4v) is 4.64. The van der Waals surface area contributed by atoms with Gasteiger partial charge in [0.2, 0.25) is 0 Å². The van der Waals surface area contributed by atoms with Gasteiger partial charge in [0.15, 0.2) is 5.65 Å². The molecule has 0 aliphatic carbocycles. The molecule has 3 N–H and O–H groups in total. The zero-order chi connectivity index (χ0) is 26.3. The van der Waals surface area contributed by atoms with Crippen molar-refractivity contribution in [1.82, 2.24) is 34.6 Å². The summed E-state index contributed by atoms with van der Waals surface area (Å²) >= 11 is 0. The van der Waals surface area contributed by atoms with Crippen LogP contribution in [0, 0.1) is 18.8 Å². The minimum absolute atomic E-state index is 0.164. The van der Waals surface area contributed by atoms with Gasteiger partial charge in [0.25, 0.3) is 0 Å². The van der Waals surface area contributed by atoms with Crippen LogP contribution in [0.4, 0.5) is 10.6 Å². The van der Waals surface area contributed by atoms with Gasteiger partial charge in [0, 0.05) is 19.2 Å². The van der Waals surface area contributed by atoms with Gasteiger partial charge in [0.1, 0.15) is 29.3 Å². The Hall–Kier alpha value is -4.17. The molecule has 1 aliphatic heterocycles. The third-order valence-corrected chi connectivity index (χ3v) is 6.17. The predicted molar refractivity (Wildman–Crippen MR) is 139 cm³/mol. The van der Waals surface area contributed by atoms with E-state index < -0.39 is 5.60 Å². The minimum Gasteiger partial charge on any atom is -0.444 e. The van der Waals surface area contributed by atoms with Crippen LogP contribution < -0.4 is 5.73 Å². The second-order valence-corrected chi connectivity index (χ2v) is 10.2. The highest BCUT2D eigenvalue weighted by molar-refractivity contribution is 5.90. The lowest BCUT2D eigenvalue weighted by molar-refractivity contribution is 0.0145. The van der Waals surface area contributed by atoms with E-state index in [0.717, 1.165) is 22.4 Å². The number of fused-ring (bicyclic) bond motifs is 2. The number of amides is 1. The summed E-state index contributed by atoms with van der Waals surface area (Å²) in [7, 11) is 1.62. The Kier molecular flexibility index (Phi) is 6.21. The molecule has 1 aromatic carbocycles. The zero-order valence-electron chi connectivity index (χ0n) is 21.6. The van der Waals surface area contributed by atoms with Crippen molar-refractivity contribution in [2.75, 3.05) is 26.0 Å². The van der Waals surface area contributed by atoms with Gasteiger partial charge < -0.3 is 25.1 Å². The van der Waals surface area contributed by atoms with Crippen LogP contribution >= 0.6 is 0 Å². The van der Waals surface area contributed by atoms with Crippen molar-refractivity contribution >= 4 is 34.0 Å². The molecule has 3 aromatic heterocycles. The number of nitrogens with zero attached hydrogens (tertiary/aromatic N) is 6. The Bertz CT molecular complexity index is 1540. The molecule has 0 unspecified atom stereocenters. The van der Waals surface area contributed by atoms with Crippen LogP contribution in [0.15, 0.2) is 24.5 Å². The highest BCUT2D eigenvalue weighted by Gasteiger charge is 2.39. The lowest BCUT2D eigenvalue weighted by atomic mass is 10.2. The number of likely N-dealkylation sites (tertiary alicyclic amines) is 1. The van der Waals surface area contributed by atoms with Gasteiger partial charge in [-0.1, -0.05) is 5.92 Å². The Balaban J connectivity index is 1.50. The SMILES string of the molecule is COC[C@H]1C[C@H](n2nc(C#Cc3ccc4[nH]c(C)nc4c3)c3c(N)ncnc32)CN1C(=O)OC(C)(C)C. The second kappa shape index (κ2) is 9.37. The molecular weight excluding hydrogens is 472 g/mol. The number of hydrogen-bond donors (Lipinski definition) is 2. The number of H-pyrrole nitrogens is 1. The first-order chi connectivity index (χ1) is 17.6. The van der Waals surface area contributed by atoms with E-state index in [0.29, 0.717) is 42.1 Å². The van der Waals surface area contributed by atoms with Crippen molar-refractivity contribution in [3.63, 3.8) is 0 Å². The number of methoxy groups -OCH3 is 1. The summed E-state index contributed by atoms with van der Waals surface area (Å²) in [4.78, 5) is 31.0. The van der Waals surface area contributed by atoms with Crippen molar-refractivity contribution in [1.29, 1.82) is 0 Å². The van der Waals surface area contributed by atoms with Gasteiger partial charge in [-0.15, -0.1) is 0 Å². The molecule has 11 nitrogen and oxygen atoms in total. The molecule has 4 aromatic rings.